The Kier molecular flexibility index (Phi) is 6.79. The molecule has 1 N–H and O–H groups in total. The predicted molar refractivity (Wildman–Crippen MR) is 127 cm³/mol. The number of aryl methyl sites for hydroxylation is 1. The molecule has 0 saturated carbocycles. The molecule has 0 fully saturated rings. The second kappa shape index (κ2) is 9.33. The Balaban J connectivity index is 1.71. The number of hydrogen-bond donors (Lipinski definition) is 1. The second-order valence-electron chi connectivity index (χ2n) is 6.55. The summed E-state index contributed by atoms with van der Waals surface area (Å²) < 4.78 is 6.17. The fraction of sp³-hybridized carbons (Fsp3) is 0.238. The van der Waals surface area contributed by atoms with E-state index in [9.17, 15) is 5.11 Å². The van der Waals surface area contributed by atoms with Crippen LogP contribution in [0, 0.1) is 18.1 Å². The van der Waals surface area contributed by atoms with Crippen molar-refractivity contribution in [1.29, 1.82) is 0 Å². The van der Waals surface area contributed by atoms with Crippen molar-refractivity contribution in [3.8, 4) is 11.2 Å². The first-order valence-corrected chi connectivity index (χ1v) is 13.4. The van der Waals surface area contributed by atoms with Gasteiger partial charge in [-0.25, -0.2) is 9.97 Å². The van der Waals surface area contributed by atoms with Crippen LogP contribution in [0.15, 0.2) is 36.8 Å². The third kappa shape index (κ3) is 4.48. The maximum absolute atomic E-state index is 10.8. The Morgan fingerprint density at radius 1 is 1.38 bits per heavy atom. The van der Waals surface area contributed by atoms with Crippen LogP contribution >= 0.6 is 53.1 Å². The fourth-order valence-electron chi connectivity index (χ4n) is 3.43. The lowest BCUT2D eigenvalue weighted by atomic mass is 9.91. The summed E-state index contributed by atoms with van der Waals surface area (Å²) in [5.41, 5.74) is 4.96. The van der Waals surface area contributed by atoms with Crippen LogP contribution in [0.2, 0.25) is 5.15 Å². The van der Waals surface area contributed by atoms with E-state index in [1.54, 1.807) is 6.20 Å². The number of aromatic nitrogens is 2. The smallest absolute Gasteiger partial charge is 0.138 e. The van der Waals surface area contributed by atoms with Crippen LogP contribution in [-0.4, -0.2) is 21.7 Å². The van der Waals surface area contributed by atoms with Crippen molar-refractivity contribution in [2.24, 2.45) is 0 Å². The van der Waals surface area contributed by atoms with Crippen molar-refractivity contribution >= 4 is 53.1 Å². The van der Waals surface area contributed by atoms with Gasteiger partial charge in [-0.2, -0.15) is 0 Å². The van der Waals surface area contributed by atoms with E-state index in [0.717, 1.165) is 32.9 Å². The summed E-state index contributed by atoms with van der Waals surface area (Å²) in [7, 11) is 1.47. The zero-order valence-corrected chi connectivity index (χ0v) is 19.9. The molecule has 2 aromatic heterocycles. The molecule has 3 heterocycles. The molecule has 4 nitrogen and oxygen atoms in total. The van der Waals surface area contributed by atoms with Gasteiger partial charge in [-0.15, -0.1) is 11.3 Å². The van der Waals surface area contributed by atoms with Gasteiger partial charge < -0.3 is 9.84 Å². The number of nitrogens with zero attached hydrogens (tertiary/aromatic N) is 2. The number of aliphatic hydroxyl groups is 1. The highest BCUT2D eigenvalue weighted by Crippen LogP contribution is 2.40. The molecule has 1 aliphatic rings. The van der Waals surface area contributed by atoms with Gasteiger partial charge in [-0.05, 0) is 62.4 Å². The lowest BCUT2D eigenvalue weighted by Crippen LogP contribution is -2.17. The minimum atomic E-state index is -0.873. The minimum Gasteiger partial charge on any atom is -0.383 e. The first-order chi connectivity index (χ1) is 14.1. The molecule has 0 radical (unpaired) electrons. The fourth-order valence-corrected chi connectivity index (χ4v) is 5.18. The summed E-state index contributed by atoms with van der Waals surface area (Å²) in [6.45, 7) is 2.71. The van der Waals surface area contributed by atoms with Gasteiger partial charge in [0.15, 0.2) is 0 Å². The first-order valence-electron chi connectivity index (χ1n) is 8.85. The number of rotatable bonds is 3. The van der Waals surface area contributed by atoms with Crippen molar-refractivity contribution in [3.05, 3.63) is 79.5 Å². The molecule has 3 aromatic rings. The van der Waals surface area contributed by atoms with Crippen LogP contribution in [0.25, 0.3) is 0 Å². The number of aliphatic hydroxyl groups excluding tert-OH is 1. The Morgan fingerprint density at radius 2 is 2.24 bits per heavy atom. The number of benzene rings is 1. The van der Waals surface area contributed by atoms with E-state index in [1.807, 2.05) is 13.0 Å². The summed E-state index contributed by atoms with van der Waals surface area (Å²) in [5, 5.41) is 14.1. The van der Waals surface area contributed by atoms with Crippen LogP contribution in [0.4, 0.5) is 0 Å². The lowest BCUT2D eigenvalue weighted by molar-refractivity contribution is 0.0696. The number of halogens is 2. The highest BCUT2D eigenvalue weighted by molar-refractivity contribution is 14.2. The maximum Gasteiger partial charge on any atom is 0.138 e. The number of ether oxygens (including phenoxy) is 1. The SMILES string of the molecule is Cc1sc(C(O)c2cncnc2Cl)cc1C1OCCc2ccc(C#CSI)cc21. The zero-order chi connectivity index (χ0) is 20.4. The Hall–Kier alpha value is -1.15. The standard InChI is InChI=1S/C21H16ClIN2O2S2/c1-12-15(9-18(29-12)19(26)17-10-24-11-25-21(17)22)20-16-8-13(5-7-28-23)2-3-14(16)4-6-27-20/h2-3,8-11,19-20,26H,4,6H2,1H3. The third-order valence-electron chi connectivity index (χ3n) is 4.83. The van der Waals surface area contributed by atoms with Gasteiger partial charge in [-0.1, -0.05) is 23.6 Å². The van der Waals surface area contributed by atoms with Crippen LogP contribution in [0.3, 0.4) is 0 Å². The molecule has 2 unspecified atom stereocenters. The minimum absolute atomic E-state index is 0.174. The molecule has 0 saturated heterocycles. The molecular weight excluding hydrogens is 539 g/mol. The molecule has 0 amide bonds. The average Bonchev–Trinajstić information content (AvgIpc) is 3.13. The Bertz CT molecular complexity index is 1110. The van der Waals surface area contributed by atoms with E-state index in [2.05, 4.69) is 60.5 Å². The van der Waals surface area contributed by atoms with E-state index < -0.39 is 6.10 Å². The quantitative estimate of drug-likeness (QED) is 0.258. The number of thiophene rings is 1. The molecule has 148 valence electrons. The second-order valence-corrected chi connectivity index (χ2v) is 9.88. The highest BCUT2D eigenvalue weighted by atomic mass is 127. The molecule has 1 aliphatic heterocycles. The van der Waals surface area contributed by atoms with Crippen molar-refractivity contribution < 1.29 is 9.84 Å². The molecule has 0 spiro atoms. The van der Waals surface area contributed by atoms with E-state index in [1.165, 1.54) is 32.2 Å². The molecule has 2 atom stereocenters. The van der Waals surface area contributed by atoms with Crippen LogP contribution < -0.4 is 0 Å². The molecule has 4 rings (SSSR count). The first kappa shape index (κ1) is 21.1. The normalized spacial score (nSPS) is 16.6. The summed E-state index contributed by atoms with van der Waals surface area (Å²) >= 11 is 9.85. The van der Waals surface area contributed by atoms with Gasteiger partial charge in [-0.3, -0.25) is 0 Å². The average molecular weight is 555 g/mol. The van der Waals surface area contributed by atoms with Gasteiger partial charge in [0, 0.05) is 48.3 Å². The van der Waals surface area contributed by atoms with Gasteiger partial charge in [0.1, 0.15) is 23.7 Å². The lowest BCUT2D eigenvalue weighted by Gasteiger charge is -2.26. The van der Waals surface area contributed by atoms with E-state index in [0.29, 0.717) is 12.2 Å². The topological polar surface area (TPSA) is 55.2 Å². The van der Waals surface area contributed by atoms with Crippen molar-refractivity contribution in [2.75, 3.05) is 6.61 Å². The van der Waals surface area contributed by atoms with Crippen molar-refractivity contribution in [3.63, 3.8) is 0 Å². The van der Waals surface area contributed by atoms with Gasteiger partial charge in [0.25, 0.3) is 0 Å². The van der Waals surface area contributed by atoms with E-state index in [4.69, 9.17) is 16.3 Å². The molecule has 8 heteroatoms. The van der Waals surface area contributed by atoms with Crippen molar-refractivity contribution in [1.82, 2.24) is 9.97 Å². The Labute approximate surface area is 194 Å². The predicted octanol–water partition coefficient (Wildman–Crippen LogP) is 5.64. The summed E-state index contributed by atoms with van der Waals surface area (Å²) in [5.74, 6) is 3.17. The van der Waals surface area contributed by atoms with E-state index >= 15 is 0 Å². The number of hydrogen-bond acceptors (Lipinski definition) is 6. The zero-order valence-electron chi connectivity index (χ0n) is 15.4. The van der Waals surface area contributed by atoms with Gasteiger partial charge in [0.05, 0.1) is 6.61 Å². The van der Waals surface area contributed by atoms with Gasteiger partial charge >= 0.3 is 0 Å². The summed E-state index contributed by atoms with van der Waals surface area (Å²) in [6.07, 6.45) is 2.76. The van der Waals surface area contributed by atoms with Gasteiger partial charge in [0.2, 0.25) is 0 Å². The molecular formula is C21H16ClIN2O2S2. The maximum atomic E-state index is 10.8. The molecule has 1 aromatic carbocycles. The largest absolute Gasteiger partial charge is 0.383 e. The monoisotopic (exact) mass is 554 g/mol. The summed E-state index contributed by atoms with van der Waals surface area (Å²) in [4.78, 5) is 9.85. The van der Waals surface area contributed by atoms with Crippen LogP contribution in [0.5, 0.6) is 0 Å². The molecule has 0 aliphatic carbocycles. The van der Waals surface area contributed by atoms with Crippen LogP contribution in [0.1, 0.15) is 49.8 Å². The number of fused-ring (bicyclic) bond motifs is 1. The Morgan fingerprint density at radius 3 is 3.03 bits per heavy atom. The van der Waals surface area contributed by atoms with E-state index in [-0.39, 0.29) is 11.3 Å². The summed E-state index contributed by atoms with van der Waals surface area (Å²) in [6, 6.07) is 8.33. The van der Waals surface area contributed by atoms with Crippen LogP contribution in [-0.2, 0) is 11.2 Å². The molecule has 29 heavy (non-hydrogen) atoms. The van der Waals surface area contributed by atoms with Crippen molar-refractivity contribution in [2.45, 2.75) is 25.6 Å². The molecule has 0 bridgehead atoms. The highest BCUT2D eigenvalue weighted by Gasteiger charge is 2.27. The third-order valence-corrected chi connectivity index (χ3v) is 7.10.